The van der Waals surface area contributed by atoms with Crippen LogP contribution in [0.1, 0.15) is 45.4 Å². The van der Waals surface area contributed by atoms with Gasteiger partial charge in [0.2, 0.25) is 0 Å². The zero-order chi connectivity index (χ0) is 15.6. The second-order valence-corrected chi connectivity index (χ2v) is 5.76. The van der Waals surface area contributed by atoms with E-state index in [4.69, 9.17) is 0 Å². The molecule has 118 valence electrons. The lowest BCUT2D eigenvalue weighted by molar-refractivity contribution is 0.477. The second-order valence-electron chi connectivity index (χ2n) is 5.76. The second kappa shape index (κ2) is 9.14. The molecular weight excluding hydrogens is 270 g/mol. The minimum Gasteiger partial charge on any atom is -0.507 e. The first kappa shape index (κ1) is 16.4. The highest BCUT2D eigenvalue weighted by molar-refractivity contribution is 5.81. The number of unbranched alkanes of at least 4 members (excludes halogenated alkanes) is 5. The van der Waals surface area contributed by atoms with Crippen molar-refractivity contribution in [3.8, 4) is 16.9 Å². The van der Waals surface area contributed by atoms with Crippen molar-refractivity contribution in [2.24, 2.45) is 0 Å². The lowest BCUT2D eigenvalue weighted by Crippen LogP contribution is -2.02. The average Bonchev–Trinajstić information content (AvgIpc) is 2.55. The molecule has 0 fully saturated rings. The standard InChI is InChI=1S/C20H27NO/c1-2-3-4-5-6-11-16-21-19-14-9-7-12-17(19)18-13-8-10-15-20(18)22/h7-10,12-15,21-22H,2-6,11,16H2,1H3. The minimum atomic E-state index is 0.330. The van der Waals surface area contributed by atoms with E-state index in [0.717, 1.165) is 23.4 Å². The third-order valence-electron chi connectivity index (χ3n) is 3.97. The minimum absolute atomic E-state index is 0.330. The Hall–Kier alpha value is -1.96. The molecule has 2 aromatic rings. The molecule has 0 spiro atoms. The van der Waals surface area contributed by atoms with Gasteiger partial charge >= 0.3 is 0 Å². The maximum absolute atomic E-state index is 10.1. The van der Waals surface area contributed by atoms with Gasteiger partial charge in [-0.2, -0.15) is 0 Å². The molecule has 0 aromatic heterocycles. The van der Waals surface area contributed by atoms with E-state index in [1.54, 1.807) is 6.07 Å². The summed E-state index contributed by atoms with van der Waals surface area (Å²) in [6, 6.07) is 15.7. The first-order valence-corrected chi connectivity index (χ1v) is 8.44. The van der Waals surface area contributed by atoms with E-state index in [2.05, 4.69) is 24.4 Å². The van der Waals surface area contributed by atoms with Crippen molar-refractivity contribution in [3.05, 3.63) is 48.5 Å². The van der Waals surface area contributed by atoms with Crippen LogP contribution in [0.25, 0.3) is 11.1 Å². The normalized spacial score (nSPS) is 10.6. The molecule has 0 aliphatic carbocycles. The summed E-state index contributed by atoms with van der Waals surface area (Å²) in [6.07, 6.45) is 7.81. The Kier molecular flexibility index (Phi) is 6.82. The quantitative estimate of drug-likeness (QED) is 0.570. The van der Waals surface area contributed by atoms with Crippen molar-refractivity contribution in [1.29, 1.82) is 0 Å². The van der Waals surface area contributed by atoms with Crippen LogP contribution in [0, 0.1) is 0 Å². The van der Waals surface area contributed by atoms with Gasteiger partial charge in [0.1, 0.15) is 5.75 Å². The van der Waals surface area contributed by atoms with E-state index in [-0.39, 0.29) is 0 Å². The number of nitrogens with one attached hydrogen (secondary N) is 1. The van der Waals surface area contributed by atoms with Crippen molar-refractivity contribution in [2.45, 2.75) is 45.4 Å². The molecule has 0 amide bonds. The van der Waals surface area contributed by atoms with Gasteiger partial charge in [0.15, 0.2) is 0 Å². The molecule has 0 aliphatic heterocycles. The average molecular weight is 297 g/mol. The van der Waals surface area contributed by atoms with E-state index in [0.29, 0.717) is 5.75 Å². The molecule has 0 atom stereocenters. The Balaban J connectivity index is 1.91. The first-order chi connectivity index (χ1) is 10.8. The molecule has 0 unspecified atom stereocenters. The fourth-order valence-corrected chi connectivity index (χ4v) is 2.70. The van der Waals surface area contributed by atoms with Crippen LogP contribution in [-0.4, -0.2) is 11.7 Å². The fourth-order valence-electron chi connectivity index (χ4n) is 2.70. The van der Waals surface area contributed by atoms with Gasteiger partial charge < -0.3 is 10.4 Å². The van der Waals surface area contributed by atoms with Gasteiger partial charge in [-0.05, 0) is 18.6 Å². The SMILES string of the molecule is CCCCCCCCNc1ccccc1-c1ccccc1O. The van der Waals surface area contributed by atoms with E-state index < -0.39 is 0 Å². The molecule has 0 aliphatic rings. The van der Waals surface area contributed by atoms with E-state index >= 15 is 0 Å². The predicted octanol–water partition coefficient (Wildman–Crippen LogP) is 5.83. The number of phenols is 1. The lowest BCUT2D eigenvalue weighted by atomic mass is 10.0. The summed E-state index contributed by atoms with van der Waals surface area (Å²) in [7, 11) is 0. The summed E-state index contributed by atoms with van der Waals surface area (Å²) >= 11 is 0. The van der Waals surface area contributed by atoms with Gasteiger partial charge in [-0.15, -0.1) is 0 Å². The molecule has 0 saturated heterocycles. The van der Waals surface area contributed by atoms with Gasteiger partial charge in [-0.1, -0.05) is 75.4 Å². The molecule has 0 radical (unpaired) electrons. The number of para-hydroxylation sites is 2. The maximum Gasteiger partial charge on any atom is 0.123 e. The van der Waals surface area contributed by atoms with Crippen LogP contribution in [0.15, 0.2) is 48.5 Å². The van der Waals surface area contributed by atoms with Crippen molar-refractivity contribution in [2.75, 3.05) is 11.9 Å². The Bertz CT molecular complexity index is 565. The van der Waals surface area contributed by atoms with Crippen LogP contribution in [0.2, 0.25) is 0 Å². The highest BCUT2D eigenvalue weighted by Crippen LogP contribution is 2.33. The lowest BCUT2D eigenvalue weighted by Gasteiger charge is -2.13. The topological polar surface area (TPSA) is 32.3 Å². The van der Waals surface area contributed by atoms with E-state index in [1.165, 1.54) is 38.5 Å². The Morgan fingerprint density at radius 1 is 0.773 bits per heavy atom. The Morgan fingerprint density at radius 2 is 1.41 bits per heavy atom. The molecule has 0 saturated carbocycles. The number of aromatic hydroxyl groups is 1. The van der Waals surface area contributed by atoms with Crippen LogP contribution in [0.3, 0.4) is 0 Å². The molecule has 2 N–H and O–H groups in total. The summed E-state index contributed by atoms with van der Waals surface area (Å²) in [4.78, 5) is 0. The summed E-state index contributed by atoms with van der Waals surface area (Å²) < 4.78 is 0. The van der Waals surface area contributed by atoms with Crippen LogP contribution < -0.4 is 5.32 Å². The van der Waals surface area contributed by atoms with Crippen LogP contribution in [0.4, 0.5) is 5.69 Å². The van der Waals surface area contributed by atoms with E-state index in [1.807, 2.05) is 30.3 Å². The number of hydrogen-bond acceptors (Lipinski definition) is 2. The first-order valence-electron chi connectivity index (χ1n) is 8.44. The van der Waals surface area contributed by atoms with Crippen molar-refractivity contribution < 1.29 is 5.11 Å². The number of hydrogen-bond donors (Lipinski definition) is 2. The highest BCUT2D eigenvalue weighted by Gasteiger charge is 2.07. The van der Waals surface area contributed by atoms with Crippen molar-refractivity contribution in [3.63, 3.8) is 0 Å². The zero-order valence-corrected chi connectivity index (χ0v) is 13.5. The Labute approximate surface area is 134 Å². The molecule has 2 nitrogen and oxygen atoms in total. The van der Waals surface area contributed by atoms with Gasteiger partial charge in [-0.3, -0.25) is 0 Å². The van der Waals surface area contributed by atoms with Gasteiger partial charge in [0.25, 0.3) is 0 Å². The molecule has 22 heavy (non-hydrogen) atoms. The summed E-state index contributed by atoms with van der Waals surface area (Å²) in [5.41, 5.74) is 3.04. The molecule has 2 aromatic carbocycles. The molecule has 0 heterocycles. The zero-order valence-electron chi connectivity index (χ0n) is 13.5. The number of anilines is 1. The van der Waals surface area contributed by atoms with Gasteiger partial charge in [-0.25, -0.2) is 0 Å². The van der Waals surface area contributed by atoms with E-state index in [9.17, 15) is 5.11 Å². The number of rotatable bonds is 9. The molecule has 2 rings (SSSR count). The van der Waals surface area contributed by atoms with Crippen LogP contribution in [0.5, 0.6) is 5.75 Å². The maximum atomic E-state index is 10.1. The highest BCUT2D eigenvalue weighted by atomic mass is 16.3. The van der Waals surface area contributed by atoms with Crippen LogP contribution in [-0.2, 0) is 0 Å². The van der Waals surface area contributed by atoms with Crippen LogP contribution >= 0.6 is 0 Å². The largest absolute Gasteiger partial charge is 0.507 e. The predicted molar refractivity (Wildman–Crippen MR) is 95.4 cm³/mol. The molecular formula is C20H27NO. The number of benzene rings is 2. The third-order valence-corrected chi connectivity index (χ3v) is 3.97. The monoisotopic (exact) mass is 297 g/mol. The third kappa shape index (κ3) is 4.80. The van der Waals surface area contributed by atoms with Crippen molar-refractivity contribution in [1.82, 2.24) is 0 Å². The summed E-state index contributed by atoms with van der Waals surface area (Å²) in [5.74, 6) is 0.330. The Morgan fingerprint density at radius 3 is 2.18 bits per heavy atom. The summed E-state index contributed by atoms with van der Waals surface area (Å²) in [6.45, 7) is 3.23. The van der Waals surface area contributed by atoms with Crippen molar-refractivity contribution >= 4 is 5.69 Å². The number of phenolic OH excluding ortho intramolecular Hbond substituents is 1. The summed E-state index contributed by atoms with van der Waals surface area (Å²) in [5, 5.41) is 13.6. The fraction of sp³-hybridized carbons (Fsp3) is 0.400. The smallest absolute Gasteiger partial charge is 0.123 e. The molecule has 0 bridgehead atoms. The van der Waals surface area contributed by atoms with Gasteiger partial charge in [0, 0.05) is 23.4 Å². The van der Waals surface area contributed by atoms with Gasteiger partial charge in [0.05, 0.1) is 0 Å². The molecule has 2 heteroatoms.